The number of urea groups is 1. The fraction of sp³-hybridized carbons (Fsp3) is 0.591. The summed E-state index contributed by atoms with van der Waals surface area (Å²) in [7, 11) is 1.67. The van der Waals surface area contributed by atoms with E-state index in [-0.39, 0.29) is 11.6 Å². The molecule has 1 spiro atoms. The molecule has 2 amide bonds. The number of hydrogen-bond acceptors (Lipinski definition) is 6. The molecule has 162 valence electrons. The van der Waals surface area contributed by atoms with Gasteiger partial charge in [0, 0.05) is 45.3 Å². The molecule has 0 bridgehead atoms. The molecule has 1 aromatic carbocycles. The van der Waals surface area contributed by atoms with Crippen molar-refractivity contribution in [3.63, 3.8) is 0 Å². The molecule has 1 unspecified atom stereocenters. The quantitative estimate of drug-likeness (QED) is 0.780. The van der Waals surface area contributed by atoms with E-state index in [1.807, 2.05) is 35.2 Å². The fourth-order valence-electron chi connectivity index (χ4n) is 4.41. The van der Waals surface area contributed by atoms with Crippen LogP contribution in [0.4, 0.5) is 10.5 Å². The number of methoxy groups -OCH3 is 1. The topological polar surface area (TPSA) is 89.7 Å². The Labute approximate surface area is 176 Å². The monoisotopic (exact) mass is 414 g/mol. The lowest BCUT2D eigenvalue weighted by molar-refractivity contribution is -0.123. The van der Waals surface area contributed by atoms with E-state index in [0.29, 0.717) is 43.8 Å². The van der Waals surface area contributed by atoms with E-state index in [2.05, 4.69) is 15.5 Å². The third-order valence-corrected chi connectivity index (χ3v) is 6.09. The Kier molecular flexibility index (Phi) is 6.64. The largest absolute Gasteiger partial charge is 0.384 e. The van der Waals surface area contributed by atoms with Gasteiger partial charge < -0.3 is 24.2 Å². The van der Waals surface area contributed by atoms with Gasteiger partial charge in [0.25, 0.3) is 0 Å². The predicted molar refractivity (Wildman–Crippen MR) is 111 cm³/mol. The van der Waals surface area contributed by atoms with E-state index in [1.54, 1.807) is 7.11 Å². The number of benzene rings is 1. The number of piperidine rings is 1. The first-order valence-electron chi connectivity index (χ1n) is 10.7. The number of para-hydroxylation sites is 1. The van der Waals surface area contributed by atoms with E-state index in [1.165, 1.54) is 0 Å². The average molecular weight is 415 g/mol. The molecule has 2 aliphatic rings. The molecule has 8 heteroatoms. The summed E-state index contributed by atoms with van der Waals surface area (Å²) >= 11 is 0. The standard InChI is InChI=1S/C22H30N4O4/c1-28-13-8-19-24-20(30-25-19)15-17-7-14-29-22(16-17)9-11-26(12-10-22)21(27)23-18-5-3-2-4-6-18/h2-6,17H,7-16H2,1H3,(H,23,27). The number of aromatic nitrogens is 2. The first-order valence-corrected chi connectivity index (χ1v) is 10.7. The van der Waals surface area contributed by atoms with Gasteiger partial charge in [-0.15, -0.1) is 0 Å². The number of ether oxygens (including phenoxy) is 2. The van der Waals surface area contributed by atoms with Gasteiger partial charge >= 0.3 is 6.03 Å². The van der Waals surface area contributed by atoms with Gasteiger partial charge in [0.1, 0.15) is 0 Å². The van der Waals surface area contributed by atoms with Crippen LogP contribution in [0.3, 0.4) is 0 Å². The Bertz CT molecular complexity index is 818. The molecule has 1 N–H and O–H groups in total. The molecule has 2 aromatic rings. The lowest BCUT2D eigenvalue weighted by atomic mass is 9.78. The van der Waals surface area contributed by atoms with Crippen LogP contribution in [0.25, 0.3) is 0 Å². The van der Waals surface area contributed by atoms with Gasteiger partial charge in [0.05, 0.1) is 12.2 Å². The molecule has 3 heterocycles. The number of carbonyl (C=O) groups excluding carboxylic acids is 1. The molecule has 1 atom stereocenters. The van der Waals surface area contributed by atoms with Crippen LogP contribution in [0.1, 0.15) is 37.4 Å². The number of hydrogen-bond donors (Lipinski definition) is 1. The Balaban J connectivity index is 1.28. The van der Waals surface area contributed by atoms with E-state index >= 15 is 0 Å². The van der Waals surface area contributed by atoms with Gasteiger partial charge in [-0.1, -0.05) is 23.4 Å². The highest BCUT2D eigenvalue weighted by Crippen LogP contribution is 2.38. The SMILES string of the molecule is COCCc1noc(CC2CCOC3(CCN(C(=O)Nc4ccccc4)CC3)C2)n1. The van der Waals surface area contributed by atoms with Gasteiger partial charge in [-0.3, -0.25) is 0 Å². The van der Waals surface area contributed by atoms with Crippen molar-refractivity contribution in [1.29, 1.82) is 0 Å². The second-order valence-corrected chi connectivity index (χ2v) is 8.22. The summed E-state index contributed by atoms with van der Waals surface area (Å²) in [4.78, 5) is 18.9. The average Bonchev–Trinajstić information content (AvgIpc) is 3.21. The lowest BCUT2D eigenvalue weighted by Gasteiger charge is -2.46. The van der Waals surface area contributed by atoms with Crippen LogP contribution >= 0.6 is 0 Å². The fourth-order valence-corrected chi connectivity index (χ4v) is 4.41. The zero-order chi connectivity index (χ0) is 20.8. The van der Waals surface area contributed by atoms with E-state index in [0.717, 1.165) is 44.4 Å². The van der Waals surface area contributed by atoms with E-state index < -0.39 is 0 Å². The number of likely N-dealkylation sites (tertiary alicyclic amines) is 1. The minimum Gasteiger partial charge on any atom is -0.384 e. The minimum atomic E-state index is -0.147. The number of carbonyl (C=O) groups is 1. The van der Waals surface area contributed by atoms with Crippen molar-refractivity contribution in [3.8, 4) is 0 Å². The third kappa shape index (κ3) is 5.17. The highest BCUT2D eigenvalue weighted by molar-refractivity contribution is 5.89. The maximum absolute atomic E-state index is 12.6. The minimum absolute atomic E-state index is 0.0437. The molecule has 0 aliphatic carbocycles. The van der Waals surface area contributed by atoms with Crippen molar-refractivity contribution in [2.45, 2.75) is 44.1 Å². The molecule has 30 heavy (non-hydrogen) atoms. The Morgan fingerprint density at radius 3 is 2.87 bits per heavy atom. The van der Waals surface area contributed by atoms with Crippen molar-refractivity contribution in [3.05, 3.63) is 42.0 Å². The summed E-state index contributed by atoms with van der Waals surface area (Å²) in [5.41, 5.74) is 0.673. The van der Waals surface area contributed by atoms with Crippen LogP contribution in [0.2, 0.25) is 0 Å². The number of amides is 2. The zero-order valence-corrected chi connectivity index (χ0v) is 17.5. The lowest BCUT2D eigenvalue weighted by Crippen LogP contribution is -2.51. The van der Waals surface area contributed by atoms with Gasteiger partial charge in [0.15, 0.2) is 5.82 Å². The third-order valence-electron chi connectivity index (χ3n) is 6.09. The number of nitrogens with zero attached hydrogens (tertiary/aromatic N) is 3. The van der Waals surface area contributed by atoms with Gasteiger partial charge in [-0.2, -0.15) is 4.98 Å². The number of anilines is 1. The summed E-state index contributed by atoms with van der Waals surface area (Å²) in [5.74, 6) is 1.85. The van der Waals surface area contributed by atoms with Crippen LogP contribution < -0.4 is 5.32 Å². The van der Waals surface area contributed by atoms with E-state index in [4.69, 9.17) is 14.0 Å². The highest BCUT2D eigenvalue weighted by atomic mass is 16.5. The van der Waals surface area contributed by atoms with Gasteiger partial charge in [-0.25, -0.2) is 4.79 Å². The molecule has 2 fully saturated rings. The summed E-state index contributed by atoms with van der Waals surface area (Å²) in [6, 6.07) is 9.53. The normalized spacial score (nSPS) is 21.0. The van der Waals surface area contributed by atoms with Crippen molar-refractivity contribution in [2.75, 3.05) is 38.7 Å². The maximum Gasteiger partial charge on any atom is 0.321 e. The molecule has 0 saturated carbocycles. The van der Waals surface area contributed by atoms with E-state index in [9.17, 15) is 4.79 Å². The molecule has 0 radical (unpaired) electrons. The Hall–Kier alpha value is -2.45. The van der Waals surface area contributed by atoms with Crippen LogP contribution in [0.15, 0.2) is 34.9 Å². The molecule has 2 aliphatic heterocycles. The zero-order valence-electron chi connectivity index (χ0n) is 17.5. The second-order valence-electron chi connectivity index (χ2n) is 8.22. The van der Waals surface area contributed by atoms with Crippen LogP contribution in [-0.4, -0.2) is 60.1 Å². The molecule has 2 saturated heterocycles. The molecular formula is C22H30N4O4. The van der Waals surface area contributed by atoms with Crippen LogP contribution in [0, 0.1) is 5.92 Å². The van der Waals surface area contributed by atoms with Gasteiger partial charge in [-0.05, 0) is 43.7 Å². The van der Waals surface area contributed by atoms with Crippen LogP contribution in [-0.2, 0) is 22.3 Å². The van der Waals surface area contributed by atoms with Crippen molar-refractivity contribution < 1.29 is 18.8 Å². The smallest absolute Gasteiger partial charge is 0.321 e. The number of nitrogens with one attached hydrogen (secondary N) is 1. The molecule has 4 rings (SSSR count). The summed E-state index contributed by atoms with van der Waals surface area (Å²) in [5, 5.41) is 7.01. The first kappa shape index (κ1) is 20.8. The van der Waals surface area contributed by atoms with Crippen molar-refractivity contribution in [1.82, 2.24) is 15.0 Å². The highest BCUT2D eigenvalue weighted by Gasteiger charge is 2.41. The predicted octanol–water partition coefficient (Wildman–Crippen LogP) is 3.29. The van der Waals surface area contributed by atoms with Crippen LogP contribution in [0.5, 0.6) is 0 Å². The maximum atomic E-state index is 12.6. The molecule has 8 nitrogen and oxygen atoms in total. The second kappa shape index (κ2) is 9.57. The Morgan fingerprint density at radius 1 is 1.30 bits per heavy atom. The molecule has 1 aromatic heterocycles. The Morgan fingerprint density at radius 2 is 2.10 bits per heavy atom. The number of rotatable bonds is 6. The van der Waals surface area contributed by atoms with Crippen molar-refractivity contribution >= 4 is 11.7 Å². The summed E-state index contributed by atoms with van der Waals surface area (Å²) in [6.45, 7) is 2.74. The summed E-state index contributed by atoms with van der Waals surface area (Å²) in [6.07, 6.45) is 5.12. The first-order chi connectivity index (χ1) is 14.7. The van der Waals surface area contributed by atoms with Crippen molar-refractivity contribution in [2.24, 2.45) is 5.92 Å². The molecular weight excluding hydrogens is 384 g/mol. The summed E-state index contributed by atoms with van der Waals surface area (Å²) < 4.78 is 16.7. The van der Waals surface area contributed by atoms with Gasteiger partial charge in [0.2, 0.25) is 5.89 Å².